The minimum absolute atomic E-state index is 0.529. The zero-order valence-corrected chi connectivity index (χ0v) is 13.4. The molecule has 1 heterocycles. The Kier molecular flexibility index (Phi) is 4.11. The number of benzene rings is 2. The molecular weight excluding hydrogens is 286 g/mol. The highest BCUT2D eigenvalue weighted by atomic mass is 16.5. The van der Waals surface area contributed by atoms with Gasteiger partial charge in [0.25, 0.3) is 0 Å². The molecule has 1 aromatic heterocycles. The van der Waals surface area contributed by atoms with Crippen molar-refractivity contribution < 1.29 is 4.74 Å². The second kappa shape index (κ2) is 6.37. The second-order valence-electron chi connectivity index (χ2n) is 5.02. The Balaban J connectivity index is 2.13. The summed E-state index contributed by atoms with van der Waals surface area (Å²) in [6.07, 6.45) is 0. The predicted octanol–water partition coefficient (Wildman–Crippen LogP) is 3.78. The van der Waals surface area contributed by atoms with Crippen LogP contribution in [-0.4, -0.2) is 24.1 Å². The lowest BCUT2D eigenvalue weighted by molar-refractivity contribution is 0.415. The molecule has 0 unspecified atom stereocenters. The maximum absolute atomic E-state index is 5.21. The molecule has 23 heavy (non-hydrogen) atoms. The number of para-hydroxylation sites is 1. The van der Waals surface area contributed by atoms with Gasteiger partial charge in [0.1, 0.15) is 11.6 Å². The van der Waals surface area contributed by atoms with Gasteiger partial charge >= 0.3 is 0 Å². The maximum Gasteiger partial charge on any atom is 0.207 e. The van der Waals surface area contributed by atoms with Crippen molar-refractivity contribution >= 4 is 22.4 Å². The van der Waals surface area contributed by atoms with Crippen LogP contribution in [0.2, 0.25) is 0 Å². The molecule has 0 aliphatic heterocycles. The van der Waals surface area contributed by atoms with E-state index in [9.17, 15) is 0 Å². The third kappa shape index (κ3) is 2.95. The molecule has 2 aromatic carbocycles. The molecule has 0 amide bonds. The van der Waals surface area contributed by atoms with Gasteiger partial charge < -0.3 is 9.64 Å². The number of anilines is 2. The molecule has 0 saturated heterocycles. The highest BCUT2D eigenvalue weighted by Crippen LogP contribution is 2.29. The van der Waals surface area contributed by atoms with Crippen LogP contribution in [-0.2, 0) is 0 Å². The molecule has 0 N–H and O–H groups in total. The second-order valence-corrected chi connectivity index (χ2v) is 5.02. The number of hydrogen-bond acceptors (Lipinski definition) is 4. The fourth-order valence-electron chi connectivity index (χ4n) is 2.41. The van der Waals surface area contributed by atoms with Crippen molar-refractivity contribution in [1.82, 2.24) is 9.97 Å². The van der Waals surface area contributed by atoms with Gasteiger partial charge in [-0.15, -0.1) is 0 Å². The lowest BCUT2D eigenvalue weighted by Gasteiger charge is -2.20. The van der Waals surface area contributed by atoms with Crippen molar-refractivity contribution in [2.24, 2.45) is 0 Å². The van der Waals surface area contributed by atoms with Crippen LogP contribution in [0.1, 0.15) is 12.7 Å². The van der Waals surface area contributed by atoms with Crippen LogP contribution in [0, 0.1) is 11.8 Å². The van der Waals surface area contributed by atoms with E-state index in [1.54, 1.807) is 14.0 Å². The Hall–Kier alpha value is -3.06. The molecule has 0 spiro atoms. The standard InChI is InChI=1S/C19H17N3O/c1-4-7-18-20-17-9-6-5-8-16(17)19(21-18)22(2)14-10-12-15(23-3)13-11-14/h5-6,8-13H,1-3H3. The Bertz CT molecular complexity index is 892. The number of aromatic nitrogens is 2. The van der Waals surface area contributed by atoms with Gasteiger partial charge in [-0.1, -0.05) is 18.1 Å². The number of methoxy groups -OCH3 is 1. The summed E-state index contributed by atoms with van der Waals surface area (Å²) in [7, 11) is 3.64. The lowest BCUT2D eigenvalue weighted by atomic mass is 10.2. The Morgan fingerprint density at radius 3 is 2.43 bits per heavy atom. The van der Waals surface area contributed by atoms with E-state index in [0.29, 0.717) is 5.82 Å². The number of ether oxygens (including phenoxy) is 1. The van der Waals surface area contributed by atoms with Crippen LogP contribution >= 0.6 is 0 Å². The SMILES string of the molecule is CC#Cc1nc(N(C)c2ccc(OC)cc2)c2ccccc2n1. The minimum Gasteiger partial charge on any atom is -0.497 e. The van der Waals surface area contributed by atoms with E-state index in [1.807, 2.05) is 60.5 Å². The monoisotopic (exact) mass is 303 g/mol. The van der Waals surface area contributed by atoms with Gasteiger partial charge in [0.2, 0.25) is 5.82 Å². The summed E-state index contributed by atoms with van der Waals surface area (Å²) in [6.45, 7) is 1.78. The lowest BCUT2D eigenvalue weighted by Crippen LogP contribution is -2.13. The van der Waals surface area contributed by atoms with Crippen LogP contribution in [0.25, 0.3) is 10.9 Å². The summed E-state index contributed by atoms with van der Waals surface area (Å²) in [4.78, 5) is 11.1. The van der Waals surface area contributed by atoms with Crippen molar-refractivity contribution in [3.63, 3.8) is 0 Å². The van der Waals surface area contributed by atoms with Gasteiger partial charge in [0.15, 0.2) is 0 Å². The molecular formula is C19H17N3O. The number of hydrogen-bond donors (Lipinski definition) is 0. The Labute approximate surface area is 135 Å². The quantitative estimate of drug-likeness (QED) is 0.690. The van der Waals surface area contributed by atoms with Crippen molar-refractivity contribution in [1.29, 1.82) is 0 Å². The molecule has 0 fully saturated rings. The molecule has 0 radical (unpaired) electrons. The van der Waals surface area contributed by atoms with Gasteiger partial charge in [-0.25, -0.2) is 9.97 Å². The van der Waals surface area contributed by atoms with Crippen molar-refractivity contribution in [3.05, 3.63) is 54.4 Å². The van der Waals surface area contributed by atoms with Gasteiger partial charge in [-0.3, -0.25) is 0 Å². The average Bonchev–Trinajstić information content (AvgIpc) is 2.61. The van der Waals surface area contributed by atoms with Crippen molar-refractivity contribution in [2.45, 2.75) is 6.92 Å². The number of nitrogens with zero attached hydrogens (tertiary/aromatic N) is 3. The highest BCUT2D eigenvalue weighted by Gasteiger charge is 2.12. The van der Waals surface area contributed by atoms with Crippen LogP contribution in [0.5, 0.6) is 5.75 Å². The first-order chi connectivity index (χ1) is 11.2. The predicted molar refractivity (Wildman–Crippen MR) is 93.1 cm³/mol. The third-order valence-corrected chi connectivity index (χ3v) is 3.60. The molecule has 4 nitrogen and oxygen atoms in total. The molecule has 0 aliphatic rings. The summed E-state index contributed by atoms with van der Waals surface area (Å²) in [5, 5.41) is 0.993. The Morgan fingerprint density at radius 2 is 1.74 bits per heavy atom. The molecule has 3 aromatic rings. The summed E-state index contributed by atoms with van der Waals surface area (Å²) < 4.78 is 5.21. The van der Waals surface area contributed by atoms with Crippen LogP contribution in [0.3, 0.4) is 0 Å². The van der Waals surface area contributed by atoms with Gasteiger partial charge in [0.05, 0.1) is 12.6 Å². The molecule has 0 bridgehead atoms. The van der Waals surface area contributed by atoms with E-state index in [-0.39, 0.29) is 0 Å². The third-order valence-electron chi connectivity index (χ3n) is 3.60. The van der Waals surface area contributed by atoms with Gasteiger partial charge in [0, 0.05) is 18.1 Å². The summed E-state index contributed by atoms with van der Waals surface area (Å²) in [5.74, 6) is 7.99. The van der Waals surface area contributed by atoms with Crippen molar-refractivity contribution in [2.75, 3.05) is 19.1 Å². The largest absolute Gasteiger partial charge is 0.497 e. The first-order valence-electron chi connectivity index (χ1n) is 7.30. The van der Waals surface area contributed by atoms with E-state index >= 15 is 0 Å². The van der Waals surface area contributed by atoms with Gasteiger partial charge in [-0.05, 0) is 49.2 Å². The number of rotatable bonds is 3. The maximum atomic E-state index is 5.21. The Morgan fingerprint density at radius 1 is 1.00 bits per heavy atom. The zero-order chi connectivity index (χ0) is 16.2. The molecule has 0 atom stereocenters. The minimum atomic E-state index is 0.529. The molecule has 0 aliphatic carbocycles. The molecule has 114 valence electrons. The normalized spacial score (nSPS) is 10.0. The average molecular weight is 303 g/mol. The fourth-order valence-corrected chi connectivity index (χ4v) is 2.41. The van der Waals surface area contributed by atoms with E-state index in [4.69, 9.17) is 4.74 Å². The molecule has 0 saturated carbocycles. The summed E-state index contributed by atoms with van der Waals surface area (Å²) >= 11 is 0. The smallest absolute Gasteiger partial charge is 0.207 e. The van der Waals surface area contributed by atoms with Crippen LogP contribution in [0.15, 0.2) is 48.5 Å². The van der Waals surface area contributed by atoms with E-state index < -0.39 is 0 Å². The molecule has 4 heteroatoms. The van der Waals surface area contributed by atoms with Crippen molar-refractivity contribution in [3.8, 4) is 17.6 Å². The zero-order valence-electron chi connectivity index (χ0n) is 13.4. The first kappa shape index (κ1) is 14.9. The topological polar surface area (TPSA) is 38.2 Å². The van der Waals surface area contributed by atoms with E-state index in [2.05, 4.69) is 21.8 Å². The number of fused-ring (bicyclic) bond motifs is 1. The highest BCUT2D eigenvalue weighted by molar-refractivity contribution is 5.91. The first-order valence-corrected chi connectivity index (χ1v) is 7.30. The summed E-state index contributed by atoms with van der Waals surface area (Å²) in [6, 6.07) is 15.8. The van der Waals surface area contributed by atoms with Gasteiger partial charge in [-0.2, -0.15) is 0 Å². The van der Waals surface area contributed by atoms with Crippen LogP contribution < -0.4 is 9.64 Å². The van der Waals surface area contributed by atoms with E-state index in [1.165, 1.54) is 0 Å². The molecule has 3 rings (SSSR count). The summed E-state index contributed by atoms with van der Waals surface area (Å²) in [5.41, 5.74) is 1.90. The van der Waals surface area contributed by atoms with E-state index in [0.717, 1.165) is 28.2 Å². The fraction of sp³-hybridized carbons (Fsp3) is 0.158. The van der Waals surface area contributed by atoms with Crippen LogP contribution in [0.4, 0.5) is 11.5 Å².